The molecule has 0 radical (unpaired) electrons. The molecule has 2 aromatic rings. The molecule has 0 spiro atoms. The summed E-state index contributed by atoms with van der Waals surface area (Å²) in [5.41, 5.74) is 4.88. The summed E-state index contributed by atoms with van der Waals surface area (Å²) < 4.78 is 0. The number of rotatable bonds is 2. The second kappa shape index (κ2) is 4.30. The molecule has 0 unspecified atom stereocenters. The van der Waals surface area contributed by atoms with Crippen LogP contribution in [0.15, 0.2) is 48.5 Å². The Morgan fingerprint density at radius 3 is 2.72 bits per heavy atom. The van der Waals surface area contributed by atoms with Crippen molar-refractivity contribution >= 4 is 5.84 Å². The predicted octanol–water partition coefficient (Wildman–Crippen LogP) is 3.34. The van der Waals surface area contributed by atoms with Gasteiger partial charge in [0.25, 0.3) is 0 Å². The minimum Gasteiger partial charge on any atom is -0.348 e. The normalized spacial score (nSPS) is 13.8. The molecule has 0 aromatic heterocycles. The van der Waals surface area contributed by atoms with Crippen LogP contribution in [0.2, 0.25) is 0 Å². The molecule has 0 fully saturated rings. The van der Waals surface area contributed by atoms with Gasteiger partial charge < -0.3 is 4.90 Å². The number of nitrogens with zero attached hydrogens (tertiary/aromatic N) is 1. The van der Waals surface area contributed by atoms with Crippen molar-refractivity contribution in [3.05, 3.63) is 70.8 Å². The summed E-state index contributed by atoms with van der Waals surface area (Å²) >= 11 is 0. The van der Waals surface area contributed by atoms with Gasteiger partial charge in [-0.05, 0) is 18.1 Å². The lowest BCUT2D eigenvalue weighted by atomic mass is 10.1. The molecule has 0 amide bonds. The summed E-state index contributed by atoms with van der Waals surface area (Å²) in [5, 5.41) is 8.22. The predicted molar refractivity (Wildman–Crippen MR) is 73.7 cm³/mol. The van der Waals surface area contributed by atoms with E-state index in [1.54, 1.807) is 0 Å². The Hall–Kier alpha value is -2.09. The molecule has 1 N–H and O–H groups in total. The minimum atomic E-state index is 0.645. The average Bonchev–Trinajstić information content (AvgIpc) is 2.67. The van der Waals surface area contributed by atoms with Gasteiger partial charge in [-0.1, -0.05) is 54.1 Å². The molecule has 0 bridgehead atoms. The minimum absolute atomic E-state index is 0.645. The number of fused-ring (bicyclic) bond motifs is 1. The monoisotopic (exact) mass is 236 g/mol. The fourth-order valence-electron chi connectivity index (χ4n) is 2.51. The van der Waals surface area contributed by atoms with E-state index in [2.05, 4.69) is 42.2 Å². The molecule has 0 saturated heterocycles. The van der Waals surface area contributed by atoms with Gasteiger partial charge in [0.1, 0.15) is 5.84 Å². The first-order chi connectivity index (χ1) is 8.74. The van der Waals surface area contributed by atoms with Gasteiger partial charge in [0.15, 0.2) is 0 Å². The number of nitrogens with one attached hydrogen (secondary N) is 1. The highest BCUT2D eigenvalue weighted by Gasteiger charge is 2.23. The third-order valence-electron chi connectivity index (χ3n) is 3.41. The van der Waals surface area contributed by atoms with Crippen molar-refractivity contribution in [3.8, 4) is 0 Å². The van der Waals surface area contributed by atoms with Crippen LogP contribution >= 0.6 is 0 Å². The van der Waals surface area contributed by atoms with Crippen LogP contribution in [0.5, 0.6) is 0 Å². The van der Waals surface area contributed by atoms with Gasteiger partial charge in [-0.2, -0.15) is 0 Å². The van der Waals surface area contributed by atoms with Crippen LogP contribution in [0.1, 0.15) is 22.3 Å². The molecular formula is C16H16N2. The van der Waals surface area contributed by atoms with E-state index in [4.69, 9.17) is 5.41 Å². The van der Waals surface area contributed by atoms with Gasteiger partial charge in [0.05, 0.1) is 0 Å². The van der Waals surface area contributed by atoms with E-state index >= 15 is 0 Å². The van der Waals surface area contributed by atoms with E-state index in [0.717, 1.165) is 18.7 Å². The topological polar surface area (TPSA) is 27.1 Å². The number of aryl methyl sites for hydroxylation is 1. The summed E-state index contributed by atoms with van der Waals surface area (Å²) in [6.07, 6.45) is 0. The van der Waals surface area contributed by atoms with Crippen LogP contribution in [0, 0.1) is 12.3 Å². The first-order valence-corrected chi connectivity index (χ1v) is 6.21. The Labute approximate surface area is 107 Å². The fraction of sp³-hybridized carbons (Fsp3) is 0.188. The summed E-state index contributed by atoms with van der Waals surface area (Å²) in [6.45, 7) is 3.77. The standard InChI is InChI=1S/C16H16N2/c1-12-5-4-6-13(9-12)10-18-11-14-7-2-3-8-15(14)16(18)17/h2-9,17H,10-11H2,1H3. The zero-order valence-electron chi connectivity index (χ0n) is 10.5. The molecule has 0 atom stereocenters. The number of hydrogen-bond donors (Lipinski definition) is 1. The first-order valence-electron chi connectivity index (χ1n) is 6.21. The molecule has 90 valence electrons. The van der Waals surface area contributed by atoms with Crippen molar-refractivity contribution in [2.75, 3.05) is 0 Å². The maximum Gasteiger partial charge on any atom is 0.129 e. The quantitative estimate of drug-likeness (QED) is 0.850. The lowest BCUT2D eigenvalue weighted by molar-refractivity contribution is 0.422. The van der Waals surface area contributed by atoms with Crippen molar-refractivity contribution in [1.82, 2.24) is 4.90 Å². The Balaban J connectivity index is 1.83. The molecule has 1 heterocycles. The summed E-state index contributed by atoms with van der Waals surface area (Å²) in [5.74, 6) is 0.645. The molecule has 0 aliphatic carbocycles. The molecule has 2 heteroatoms. The van der Waals surface area contributed by atoms with Crippen LogP contribution in [0.25, 0.3) is 0 Å². The van der Waals surface area contributed by atoms with Crippen LogP contribution in [-0.4, -0.2) is 10.7 Å². The molecule has 1 aliphatic heterocycles. The summed E-state index contributed by atoms with van der Waals surface area (Å²) in [4.78, 5) is 2.12. The molecular weight excluding hydrogens is 220 g/mol. The van der Waals surface area contributed by atoms with Gasteiger partial charge in [-0.3, -0.25) is 5.41 Å². The smallest absolute Gasteiger partial charge is 0.129 e. The fourth-order valence-corrected chi connectivity index (χ4v) is 2.51. The van der Waals surface area contributed by atoms with Crippen molar-refractivity contribution in [2.45, 2.75) is 20.0 Å². The Morgan fingerprint density at radius 1 is 1.11 bits per heavy atom. The van der Waals surface area contributed by atoms with Gasteiger partial charge in [0.2, 0.25) is 0 Å². The second-order valence-corrected chi connectivity index (χ2v) is 4.85. The van der Waals surface area contributed by atoms with Gasteiger partial charge in [-0.15, -0.1) is 0 Å². The van der Waals surface area contributed by atoms with Gasteiger partial charge >= 0.3 is 0 Å². The highest BCUT2D eigenvalue weighted by molar-refractivity contribution is 6.00. The number of amidine groups is 1. The second-order valence-electron chi connectivity index (χ2n) is 4.85. The molecule has 1 aliphatic rings. The Bertz CT molecular complexity index is 602. The molecule has 3 rings (SSSR count). The van der Waals surface area contributed by atoms with Crippen molar-refractivity contribution in [3.63, 3.8) is 0 Å². The molecule has 18 heavy (non-hydrogen) atoms. The molecule has 2 nitrogen and oxygen atoms in total. The Kier molecular flexibility index (Phi) is 2.63. The van der Waals surface area contributed by atoms with E-state index in [0.29, 0.717) is 5.84 Å². The van der Waals surface area contributed by atoms with Gasteiger partial charge in [-0.25, -0.2) is 0 Å². The van der Waals surface area contributed by atoms with E-state index in [1.165, 1.54) is 16.7 Å². The van der Waals surface area contributed by atoms with Crippen molar-refractivity contribution in [2.24, 2.45) is 0 Å². The lowest BCUT2D eigenvalue weighted by Gasteiger charge is -2.18. The SMILES string of the molecule is Cc1cccc(CN2Cc3ccccc3C2=N)c1. The highest BCUT2D eigenvalue weighted by Crippen LogP contribution is 2.24. The van der Waals surface area contributed by atoms with Crippen LogP contribution in [0.3, 0.4) is 0 Å². The zero-order valence-corrected chi connectivity index (χ0v) is 10.5. The number of hydrogen-bond acceptors (Lipinski definition) is 1. The maximum absolute atomic E-state index is 8.22. The largest absolute Gasteiger partial charge is 0.348 e. The zero-order chi connectivity index (χ0) is 12.5. The third kappa shape index (κ3) is 1.90. The van der Waals surface area contributed by atoms with Crippen molar-refractivity contribution in [1.29, 1.82) is 5.41 Å². The molecule has 2 aromatic carbocycles. The van der Waals surface area contributed by atoms with E-state index in [-0.39, 0.29) is 0 Å². The van der Waals surface area contributed by atoms with Crippen LogP contribution < -0.4 is 0 Å². The third-order valence-corrected chi connectivity index (χ3v) is 3.41. The van der Waals surface area contributed by atoms with Crippen LogP contribution in [-0.2, 0) is 13.1 Å². The van der Waals surface area contributed by atoms with E-state index in [9.17, 15) is 0 Å². The summed E-state index contributed by atoms with van der Waals surface area (Å²) in [7, 11) is 0. The Morgan fingerprint density at radius 2 is 1.94 bits per heavy atom. The average molecular weight is 236 g/mol. The van der Waals surface area contributed by atoms with E-state index in [1.807, 2.05) is 18.2 Å². The van der Waals surface area contributed by atoms with Gasteiger partial charge in [0, 0.05) is 18.7 Å². The van der Waals surface area contributed by atoms with Crippen molar-refractivity contribution < 1.29 is 0 Å². The van der Waals surface area contributed by atoms with E-state index < -0.39 is 0 Å². The van der Waals surface area contributed by atoms with Crippen LogP contribution in [0.4, 0.5) is 0 Å². The lowest BCUT2D eigenvalue weighted by Crippen LogP contribution is -2.23. The summed E-state index contributed by atoms with van der Waals surface area (Å²) in [6, 6.07) is 16.7. The number of benzene rings is 2. The maximum atomic E-state index is 8.22. The molecule has 0 saturated carbocycles. The first kappa shape index (κ1) is 11.0. The highest BCUT2D eigenvalue weighted by atomic mass is 15.2.